The van der Waals surface area contributed by atoms with Crippen LogP contribution in [0.2, 0.25) is 5.15 Å². The Bertz CT molecular complexity index is 430. The number of halogens is 1. The first kappa shape index (κ1) is 13.3. The molecule has 0 aliphatic rings. The van der Waals surface area contributed by atoms with Crippen molar-refractivity contribution in [1.82, 2.24) is 14.7 Å². The fourth-order valence-electron chi connectivity index (χ4n) is 1.01. The van der Waals surface area contributed by atoms with Gasteiger partial charge in [-0.15, -0.1) is 0 Å². The van der Waals surface area contributed by atoms with Gasteiger partial charge in [0.2, 0.25) is 0 Å². The zero-order valence-electron chi connectivity index (χ0n) is 9.38. The molecule has 94 valence electrons. The van der Waals surface area contributed by atoms with Gasteiger partial charge in [0.05, 0.1) is 6.54 Å². The molecule has 0 aliphatic carbocycles. The number of carbonyl (C=O) groups is 2. The second-order valence-electron chi connectivity index (χ2n) is 3.41. The van der Waals surface area contributed by atoms with Crippen LogP contribution in [0.3, 0.4) is 0 Å². The fraction of sp³-hybridized carbons (Fsp3) is 0.444. The highest BCUT2D eigenvalue weighted by atomic mass is 35.5. The molecule has 0 unspecified atom stereocenters. The third kappa shape index (κ3) is 3.63. The lowest BCUT2D eigenvalue weighted by Crippen LogP contribution is -2.24. The van der Waals surface area contributed by atoms with Crippen LogP contribution in [-0.4, -0.2) is 52.6 Å². The van der Waals surface area contributed by atoms with Crippen LogP contribution in [-0.2, 0) is 11.3 Å². The zero-order valence-corrected chi connectivity index (χ0v) is 10.1. The first-order chi connectivity index (χ1) is 7.91. The molecule has 0 aromatic carbocycles. The van der Waals surface area contributed by atoms with Crippen LogP contribution in [0, 0.1) is 0 Å². The highest BCUT2D eigenvalue weighted by Crippen LogP contribution is 2.12. The van der Waals surface area contributed by atoms with E-state index >= 15 is 0 Å². The quantitative estimate of drug-likeness (QED) is 0.872. The Kier molecular flexibility index (Phi) is 4.33. The van der Waals surface area contributed by atoms with E-state index in [4.69, 9.17) is 21.4 Å². The number of hydrogen-bond acceptors (Lipinski definition) is 4. The van der Waals surface area contributed by atoms with Gasteiger partial charge in [-0.25, -0.2) is 9.59 Å². The normalized spacial score (nSPS) is 10.1. The molecule has 1 heterocycles. The second-order valence-corrected chi connectivity index (χ2v) is 3.77. The molecule has 17 heavy (non-hydrogen) atoms. The summed E-state index contributed by atoms with van der Waals surface area (Å²) < 4.78 is 6.17. The smallest absolute Gasteiger partial charge is 0.409 e. The van der Waals surface area contributed by atoms with Crippen LogP contribution in [0.4, 0.5) is 4.79 Å². The lowest BCUT2D eigenvalue weighted by molar-refractivity contribution is 0.0696. The van der Waals surface area contributed by atoms with Gasteiger partial charge in [0.1, 0.15) is 12.2 Å². The van der Waals surface area contributed by atoms with Gasteiger partial charge in [0.15, 0.2) is 5.15 Å². The van der Waals surface area contributed by atoms with E-state index in [1.54, 1.807) is 14.1 Å². The zero-order chi connectivity index (χ0) is 13.0. The standard InChI is InChI=1S/C9H12ClN3O4/c1-12(2)9(16)17-4-3-13-5-6(8(14)15)7(10)11-13/h5H,3-4H2,1-2H3,(H,14,15). The molecule has 7 nitrogen and oxygen atoms in total. The minimum absolute atomic E-state index is 0.0781. The van der Waals surface area contributed by atoms with Crippen LogP contribution in [0.25, 0.3) is 0 Å². The van der Waals surface area contributed by atoms with Crippen molar-refractivity contribution in [2.75, 3.05) is 20.7 Å². The van der Waals surface area contributed by atoms with E-state index in [1.807, 2.05) is 0 Å². The SMILES string of the molecule is CN(C)C(=O)OCCn1cc(C(=O)O)c(Cl)n1. The van der Waals surface area contributed by atoms with Gasteiger partial charge in [-0.05, 0) is 0 Å². The van der Waals surface area contributed by atoms with E-state index < -0.39 is 12.1 Å². The van der Waals surface area contributed by atoms with Crippen molar-refractivity contribution in [2.24, 2.45) is 0 Å². The maximum atomic E-state index is 11.1. The highest BCUT2D eigenvalue weighted by molar-refractivity contribution is 6.32. The van der Waals surface area contributed by atoms with Crippen molar-refractivity contribution >= 4 is 23.7 Å². The molecule has 1 rings (SSSR count). The molecule has 0 aliphatic heterocycles. The lowest BCUT2D eigenvalue weighted by Gasteiger charge is -2.10. The third-order valence-electron chi connectivity index (χ3n) is 1.86. The number of carboxylic acid groups (broad SMARTS) is 1. The number of carboxylic acids is 1. The third-order valence-corrected chi connectivity index (χ3v) is 2.14. The number of hydrogen-bond donors (Lipinski definition) is 1. The van der Waals surface area contributed by atoms with Crippen molar-refractivity contribution < 1.29 is 19.4 Å². The van der Waals surface area contributed by atoms with Gasteiger partial charge in [0, 0.05) is 20.3 Å². The average molecular weight is 262 g/mol. The number of carbonyl (C=O) groups excluding carboxylic acids is 1. The molecular formula is C9H12ClN3O4. The molecule has 1 aromatic heterocycles. The number of amides is 1. The predicted molar refractivity (Wildman–Crippen MR) is 59.2 cm³/mol. The summed E-state index contributed by atoms with van der Waals surface area (Å²) in [6, 6.07) is 0. The second kappa shape index (κ2) is 5.53. The molecule has 1 aromatic rings. The van der Waals surface area contributed by atoms with Gasteiger partial charge in [-0.1, -0.05) is 11.6 Å². The summed E-state index contributed by atoms with van der Waals surface area (Å²) in [5.74, 6) is -1.15. The fourth-order valence-corrected chi connectivity index (χ4v) is 1.24. The Morgan fingerprint density at radius 3 is 2.71 bits per heavy atom. The summed E-state index contributed by atoms with van der Waals surface area (Å²) in [5.41, 5.74) is -0.0781. The summed E-state index contributed by atoms with van der Waals surface area (Å²) in [6.07, 6.45) is 0.815. The summed E-state index contributed by atoms with van der Waals surface area (Å²) in [7, 11) is 3.13. The molecule has 1 N–H and O–H groups in total. The van der Waals surface area contributed by atoms with Crippen LogP contribution >= 0.6 is 11.6 Å². The summed E-state index contributed by atoms with van der Waals surface area (Å²) >= 11 is 5.60. The average Bonchev–Trinajstić information content (AvgIpc) is 2.59. The number of ether oxygens (including phenoxy) is 1. The van der Waals surface area contributed by atoms with Gasteiger partial charge < -0.3 is 14.7 Å². The lowest BCUT2D eigenvalue weighted by atomic mass is 10.4. The number of aromatic nitrogens is 2. The summed E-state index contributed by atoms with van der Waals surface area (Å²) in [5, 5.41) is 12.4. The van der Waals surface area contributed by atoms with E-state index in [0.29, 0.717) is 0 Å². The first-order valence-corrected chi connectivity index (χ1v) is 5.10. The minimum Gasteiger partial charge on any atom is -0.478 e. The van der Waals surface area contributed by atoms with E-state index in [1.165, 1.54) is 15.8 Å². The molecule has 1 amide bonds. The van der Waals surface area contributed by atoms with Crippen LogP contribution < -0.4 is 0 Å². The molecule has 0 radical (unpaired) electrons. The molecule has 0 atom stereocenters. The van der Waals surface area contributed by atoms with Crippen LogP contribution in [0.15, 0.2) is 6.20 Å². The van der Waals surface area contributed by atoms with Gasteiger partial charge in [-0.2, -0.15) is 5.10 Å². The molecule has 0 saturated heterocycles. The largest absolute Gasteiger partial charge is 0.478 e. The van der Waals surface area contributed by atoms with E-state index in [0.717, 1.165) is 0 Å². The van der Waals surface area contributed by atoms with E-state index in [9.17, 15) is 9.59 Å². The molecular weight excluding hydrogens is 250 g/mol. The Morgan fingerprint density at radius 2 is 2.24 bits per heavy atom. The van der Waals surface area contributed by atoms with Crippen LogP contribution in [0.1, 0.15) is 10.4 Å². The molecule has 0 fully saturated rings. The van der Waals surface area contributed by atoms with Gasteiger partial charge >= 0.3 is 12.1 Å². The van der Waals surface area contributed by atoms with Gasteiger partial charge in [0.25, 0.3) is 0 Å². The van der Waals surface area contributed by atoms with Crippen molar-refractivity contribution in [1.29, 1.82) is 0 Å². The summed E-state index contributed by atoms with van der Waals surface area (Å²) in [4.78, 5) is 23.0. The monoisotopic (exact) mass is 261 g/mol. The Balaban J connectivity index is 2.50. The number of aromatic carboxylic acids is 1. The Hall–Kier alpha value is -1.76. The summed E-state index contributed by atoms with van der Waals surface area (Å²) in [6.45, 7) is 0.334. The predicted octanol–water partition coefficient (Wildman–Crippen LogP) is 0.933. The number of rotatable bonds is 4. The molecule has 0 spiro atoms. The van der Waals surface area contributed by atoms with E-state index in [-0.39, 0.29) is 23.9 Å². The molecule has 8 heteroatoms. The molecule has 0 bridgehead atoms. The van der Waals surface area contributed by atoms with E-state index in [2.05, 4.69) is 5.10 Å². The maximum absolute atomic E-state index is 11.1. The Morgan fingerprint density at radius 1 is 1.59 bits per heavy atom. The molecule has 0 saturated carbocycles. The highest BCUT2D eigenvalue weighted by Gasteiger charge is 2.13. The van der Waals surface area contributed by atoms with Crippen LogP contribution in [0.5, 0.6) is 0 Å². The van der Waals surface area contributed by atoms with Crippen molar-refractivity contribution in [3.05, 3.63) is 16.9 Å². The van der Waals surface area contributed by atoms with Crippen molar-refractivity contribution in [3.8, 4) is 0 Å². The van der Waals surface area contributed by atoms with Crippen molar-refractivity contribution in [2.45, 2.75) is 6.54 Å². The van der Waals surface area contributed by atoms with Gasteiger partial charge in [-0.3, -0.25) is 4.68 Å². The van der Waals surface area contributed by atoms with Crippen molar-refractivity contribution in [3.63, 3.8) is 0 Å². The minimum atomic E-state index is -1.15. The maximum Gasteiger partial charge on any atom is 0.409 e. The Labute approximate surface area is 103 Å². The topological polar surface area (TPSA) is 84.7 Å². The number of nitrogens with zero attached hydrogens (tertiary/aromatic N) is 3. The first-order valence-electron chi connectivity index (χ1n) is 4.72.